The number of nitrogens with one attached hydrogen (secondary N) is 1. The van der Waals surface area contributed by atoms with Crippen molar-refractivity contribution in [1.29, 1.82) is 0 Å². The fraction of sp³-hybridized carbons (Fsp3) is 0.556. The van der Waals surface area contributed by atoms with Gasteiger partial charge in [0.2, 0.25) is 5.91 Å². The predicted molar refractivity (Wildman–Crippen MR) is 90.7 cm³/mol. The Balaban J connectivity index is 1.72. The Morgan fingerprint density at radius 2 is 2.17 bits per heavy atom. The van der Waals surface area contributed by atoms with Gasteiger partial charge in [-0.1, -0.05) is 18.2 Å². The summed E-state index contributed by atoms with van der Waals surface area (Å²) in [5.74, 6) is 0.176. The third-order valence-electron chi connectivity index (χ3n) is 4.80. The van der Waals surface area contributed by atoms with Crippen LogP contribution in [0.1, 0.15) is 28.8 Å². The number of likely N-dealkylation sites (tertiary alicyclic amines) is 1. The maximum Gasteiger partial charge on any atom is 0.254 e. The van der Waals surface area contributed by atoms with Gasteiger partial charge in [0.25, 0.3) is 5.91 Å². The summed E-state index contributed by atoms with van der Waals surface area (Å²) >= 11 is 0. The van der Waals surface area contributed by atoms with E-state index in [9.17, 15) is 9.59 Å². The highest BCUT2D eigenvalue weighted by atomic mass is 16.5. The van der Waals surface area contributed by atoms with Gasteiger partial charge in [0.1, 0.15) is 0 Å². The Kier molecular flexibility index (Phi) is 5.48. The molecule has 1 N–H and O–H groups in total. The van der Waals surface area contributed by atoms with E-state index in [1.807, 2.05) is 34.1 Å². The van der Waals surface area contributed by atoms with Gasteiger partial charge in [-0.15, -0.1) is 0 Å². The molecule has 2 heterocycles. The lowest BCUT2D eigenvalue weighted by Crippen LogP contribution is -2.57. The molecule has 1 aromatic rings. The molecule has 2 fully saturated rings. The van der Waals surface area contributed by atoms with Crippen LogP contribution in [0, 0.1) is 0 Å². The van der Waals surface area contributed by atoms with Crippen molar-refractivity contribution in [3.63, 3.8) is 0 Å². The van der Waals surface area contributed by atoms with E-state index >= 15 is 0 Å². The number of piperidine rings is 1. The predicted octanol–water partition coefficient (Wildman–Crippen LogP) is 0.869. The van der Waals surface area contributed by atoms with Gasteiger partial charge >= 0.3 is 0 Å². The van der Waals surface area contributed by atoms with Crippen LogP contribution in [0.2, 0.25) is 0 Å². The zero-order chi connectivity index (χ0) is 16.9. The largest absolute Gasteiger partial charge is 0.380 e. The van der Waals surface area contributed by atoms with E-state index in [0.29, 0.717) is 25.3 Å². The molecule has 6 heteroatoms. The average molecular weight is 331 g/mol. The van der Waals surface area contributed by atoms with Crippen LogP contribution < -0.4 is 5.32 Å². The Labute approximate surface area is 142 Å². The standard InChI is InChI=1S/C18H25N3O3/c1-24-13-14-5-2-3-7-16(14)18(23)20-9-4-6-15(12-20)21-10-8-19-11-17(21)22/h2-3,5,7,15,19H,4,6,8-13H2,1H3. The number of ether oxygens (including phenoxy) is 1. The van der Waals surface area contributed by atoms with Crippen LogP contribution in [-0.4, -0.2) is 67.5 Å². The number of carbonyl (C=O) groups is 2. The number of nitrogens with zero attached hydrogens (tertiary/aromatic N) is 2. The molecule has 0 saturated carbocycles. The normalized spacial score (nSPS) is 21.9. The first-order chi connectivity index (χ1) is 11.7. The van der Waals surface area contributed by atoms with E-state index in [1.165, 1.54) is 0 Å². The highest BCUT2D eigenvalue weighted by molar-refractivity contribution is 5.95. The third kappa shape index (κ3) is 3.60. The van der Waals surface area contributed by atoms with Gasteiger partial charge in [-0.25, -0.2) is 0 Å². The molecule has 2 saturated heterocycles. The second kappa shape index (κ2) is 7.77. The number of hydrogen-bond donors (Lipinski definition) is 1. The summed E-state index contributed by atoms with van der Waals surface area (Å²) in [6, 6.07) is 7.72. The molecule has 2 aliphatic heterocycles. The van der Waals surface area contributed by atoms with Gasteiger partial charge in [0, 0.05) is 44.9 Å². The van der Waals surface area contributed by atoms with Crippen LogP contribution in [0.25, 0.3) is 0 Å². The SMILES string of the molecule is COCc1ccccc1C(=O)N1CCCC(N2CCNCC2=O)C1. The first-order valence-electron chi connectivity index (χ1n) is 8.57. The number of piperazine rings is 1. The van der Waals surface area contributed by atoms with E-state index in [2.05, 4.69) is 5.32 Å². The Morgan fingerprint density at radius 1 is 1.33 bits per heavy atom. The molecular weight excluding hydrogens is 306 g/mol. The summed E-state index contributed by atoms with van der Waals surface area (Å²) in [5, 5.41) is 3.10. The fourth-order valence-electron chi connectivity index (χ4n) is 3.58. The summed E-state index contributed by atoms with van der Waals surface area (Å²) in [7, 11) is 1.63. The number of methoxy groups -OCH3 is 1. The van der Waals surface area contributed by atoms with Gasteiger partial charge in [-0.2, -0.15) is 0 Å². The fourth-order valence-corrected chi connectivity index (χ4v) is 3.58. The van der Waals surface area contributed by atoms with Crippen LogP contribution in [0.5, 0.6) is 0 Å². The molecular formula is C18H25N3O3. The lowest BCUT2D eigenvalue weighted by Gasteiger charge is -2.41. The van der Waals surface area contributed by atoms with E-state index in [0.717, 1.165) is 38.0 Å². The van der Waals surface area contributed by atoms with Crippen molar-refractivity contribution >= 4 is 11.8 Å². The second-order valence-electron chi connectivity index (χ2n) is 6.40. The van der Waals surface area contributed by atoms with Crippen LogP contribution in [0.3, 0.4) is 0 Å². The number of benzene rings is 1. The van der Waals surface area contributed by atoms with Crippen molar-refractivity contribution in [1.82, 2.24) is 15.1 Å². The molecule has 24 heavy (non-hydrogen) atoms. The Bertz CT molecular complexity index is 605. The maximum atomic E-state index is 13.0. The average Bonchev–Trinajstić information content (AvgIpc) is 2.62. The molecule has 0 aliphatic carbocycles. The van der Waals surface area contributed by atoms with Gasteiger partial charge in [-0.05, 0) is 24.5 Å². The number of carbonyl (C=O) groups excluding carboxylic acids is 2. The molecule has 1 aromatic carbocycles. The minimum Gasteiger partial charge on any atom is -0.380 e. The highest BCUT2D eigenvalue weighted by Gasteiger charge is 2.32. The van der Waals surface area contributed by atoms with Crippen LogP contribution in [0.15, 0.2) is 24.3 Å². The number of rotatable bonds is 4. The van der Waals surface area contributed by atoms with Crippen molar-refractivity contribution in [2.45, 2.75) is 25.5 Å². The van der Waals surface area contributed by atoms with Gasteiger partial charge in [0.15, 0.2) is 0 Å². The summed E-state index contributed by atoms with van der Waals surface area (Å²) in [4.78, 5) is 28.9. The Hall–Kier alpha value is -1.92. The monoisotopic (exact) mass is 331 g/mol. The molecule has 6 nitrogen and oxygen atoms in total. The summed E-state index contributed by atoms with van der Waals surface area (Å²) in [5.41, 5.74) is 1.61. The molecule has 0 spiro atoms. The topological polar surface area (TPSA) is 61.9 Å². The molecule has 1 unspecified atom stereocenters. The zero-order valence-electron chi connectivity index (χ0n) is 14.2. The van der Waals surface area contributed by atoms with Crippen molar-refractivity contribution in [3.8, 4) is 0 Å². The minimum absolute atomic E-state index is 0.0370. The van der Waals surface area contributed by atoms with Crippen molar-refractivity contribution in [2.24, 2.45) is 0 Å². The van der Waals surface area contributed by atoms with Gasteiger partial charge < -0.3 is 19.9 Å². The third-order valence-corrected chi connectivity index (χ3v) is 4.80. The van der Waals surface area contributed by atoms with E-state index < -0.39 is 0 Å². The lowest BCUT2D eigenvalue weighted by molar-refractivity contribution is -0.135. The molecule has 0 bridgehead atoms. The van der Waals surface area contributed by atoms with Crippen LogP contribution in [0.4, 0.5) is 0 Å². The smallest absolute Gasteiger partial charge is 0.254 e. The molecule has 0 aromatic heterocycles. The van der Waals surface area contributed by atoms with Crippen molar-refractivity contribution in [2.75, 3.05) is 39.8 Å². The van der Waals surface area contributed by atoms with E-state index in [4.69, 9.17) is 4.74 Å². The van der Waals surface area contributed by atoms with E-state index in [1.54, 1.807) is 7.11 Å². The van der Waals surface area contributed by atoms with Crippen LogP contribution in [-0.2, 0) is 16.1 Å². The lowest BCUT2D eigenvalue weighted by atomic mass is 10.0. The molecule has 2 aliphatic rings. The second-order valence-corrected chi connectivity index (χ2v) is 6.40. The van der Waals surface area contributed by atoms with Crippen molar-refractivity contribution in [3.05, 3.63) is 35.4 Å². The van der Waals surface area contributed by atoms with E-state index in [-0.39, 0.29) is 17.9 Å². The summed E-state index contributed by atoms with van der Waals surface area (Å²) in [6.07, 6.45) is 1.90. The first kappa shape index (κ1) is 16.9. The molecule has 3 rings (SSSR count). The molecule has 1 atom stereocenters. The van der Waals surface area contributed by atoms with Crippen LogP contribution >= 0.6 is 0 Å². The summed E-state index contributed by atoms with van der Waals surface area (Å²) in [6.45, 7) is 3.75. The number of amides is 2. The molecule has 130 valence electrons. The highest BCUT2D eigenvalue weighted by Crippen LogP contribution is 2.20. The number of hydrogen-bond acceptors (Lipinski definition) is 4. The van der Waals surface area contributed by atoms with Crippen molar-refractivity contribution < 1.29 is 14.3 Å². The Morgan fingerprint density at radius 3 is 2.96 bits per heavy atom. The van der Waals surface area contributed by atoms with Gasteiger partial charge in [0.05, 0.1) is 13.2 Å². The molecule has 0 radical (unpaired) electrons. The summed E-state index contributed by atoms with van der Waals surface area (Å²) < 4.78 is 5.21. The minimum atomic E-state index is 0.0370. The first-order valence-corrected chi connectivity index (χ1v) is 8.57. The quantitative estimate of drug-likeness (QED) is 0.889. The van der Waals surface area contributed by atoms with Gasteiger partial charge in [-0.3, -0.25) is 9.59 Å². The molecule has 2 amide bonds. The zero-order valence-corrected chi connectivity index (χ0v) is 14.2. The maximum absolute atomic E-state index is 13.0.